The first-order valence-electron chi connectivity index (χ1n) is 6.93. The first-order chi connectivity index (χ1) is 11.6. The number of nitrogens with one attached hydrogen (secondary N) is 4. The normalized spacial score (nSPS) is 16.0. The standard InChI is InChI=1S/C13H13N7O2S2/c14-24(21,22)9-5-1-3-7(10(9)13-16-19-20-17-13)12-11-8(18-23-12)4-2-6-15-11/h1-6,13,16-17,19-20H,(H2,14,21,22). The van der Waals surface area contributed by atoms with Crippen LogP contribution in [0.4, 0.5) is 0 Å². The summed E-state index contributed by atoms with van der Waals surface area (Å²) in [6.45, 7) is 0. The Balaban J connectivity index is 2.01. The van der Waals surface area contributed by atoms with Crippen LogP contribution >= 0.6 is 11.5 Å². The van der Waals surface area contributed by atoms with Crippen molar-refractivity contribution in [1.29, 1.82) is 0 Å². The second-order valence-corrected chi connectivity index (χ2v) is 7.42. The highest BCUT2D eigenvalue weighted by Gasteiger charge is 2.28. The van der Waals surface area contributed by atoms with Crippen LogP contribution in [-0.2, 0) is 10.0 Å². The molecule has 0 aliphatic carbocycles. The number of sulfonamides is 1. The summed E-state index contributed by atoms with van der Waals surface area (Å²) >= 11 is 1.26. The molecule has 24 heavy (non-hydrogen) atoms. The highest BCUT2D eigenvalue weighted by Crippen LogP contribution is 2.37. The van der Waals surface area contributed by atoms with Crippen LogP contribution in [0.5, 0.6) is 0 Å². The highest BCUT2D eigenvalue weighted by molar-refractivity contribution is 7.89. The predicted octanol–water partition coefficient (Wildman–Crippen LogP) is 0.121. The molecule has 6 N–H and O–H groups in total. The van der Waals surface area contributed by atoms with Crippen molar-refractivity contribution in [2.75, 3.05) is 0 Å². The van der Waals surface area contributed by atoms with E-state index in [-0.39, 0.29) is 4.90 Å². The van der Waals surface area contributed by atoms with Crippen molar-refractivity contribution in [2.24, 2.45) is 5.14 Å². The number of hydrogen-bond donors (Lipinski definition) is 5. The van der Waals surface area contributed by atoms with Crippen molar-refractivity contribution in [2.45, 2.75) is 11.1 Å². The number of benzene rings is 1. The van der Waals surface area contributed by atoms with E-state index < -0.39 is 16.2 Å². The zero-order valence-corrected chi connectivity index (χ0v) is 13.8. The summed E-state index contributed by atoms with van der Waals surface area (Å²) in [7, 11) is -3.91. The lowest BCUT2D eigenvalue weighted by Crippen LogP contribution is -2.33. The van der Waals surface area contributed by atoms with Crippen LogP contribution in [0.25, 0.3) is 21.5 Å². The van der Waals surface area contributed by atoms with E-state index in [2.05, 4.69) is 31.3 Å². The Kier molecular flexibility index (Phi) is 3.77. The molecule has 0 radical (unpaired) electrons. The maximum Gasteiger partial charge on any atom is 0.238 e. The zero-order valence-electron chi connectivity index (χ0n) is 12.1. The van der Waals surface area contributed by atoms with Crippen LogP contribution in [0.2, 0.25) is 0 Å². The van der Waals surface area contributed by atoms with Gasteiger partial charge in [-0.1, -0.05) is 12.1 Å². The Morgan fingerprint density at radius 3 is 2.67 bits per heavy atom. The second-order valence-electron chi connectivity index (χ2n) is 5.12. The molecule has 0 saturated carbocycles. The fraction of sp³-hybridized carbons (Fsp3) is 0.0769. The fourth-order valence-corrected chi connectivity index (χ4v) is 4.30. The Morgan fingerprint density at radius 2 is 1.92 bits per heavy atom. The van der Waals surface area contributed by atoms with E-state index in [0.29, 0.717) is 16.6 Å². The summed E-state index contributed by atoms with van der Waals surface area (Å²) < 4.78 is 28.5. The Hall–Kier alpha value is -1.99. The number of rotatable bonds is 3. The van der Waals surface area contributed by atoms with Gasteiger partial charge in [-0.25, -0.2) is 24.4 Å². The molecular formula is C13H13N7O2S2. The minimum atomic E-state index is -3.91. The molecule has 0 amide bonds. The SMILES string of the molecule is NS(=O)(=O)c1cccc(-c2snc3cccnc23)c1C1NNNN1. The monoisotopic (exact) mass is 363 g/mol. The van der Waals surface area contributed by atoms with Gasteiger partial charge >= 0.3 is 0 Å². The van der Waals surface area contributed by atoms with Crippen LogP contribution in [0.3, 0.4) is 0 Å². The average molecular weight is 363 g/mol. The molecule has 1 saturated heterocycles. The lowest BCUT2D eigenvalue weighted by Gasteiger charge is -2.17. The molecule has 11 heteroatoms. The maximum atomic E-state index is 12.0. The van der Waals surface area contributed by atoms with Gasteiger partial charge in [-0.3, -0.25) is 4.98 Å². The number of hydrogen-bond acceptors (Lipinski definition) is 9. The summed E-state index contributed by atoms with van der Waals surface area (Å²) in [5, 5.41) is 5.41. The second kappa shape index (κ2) is 5.82. The number of primary sulfonamides is 1. The Labute approximate surface area is 141 Å². The summed E-state index contributed by atoms with van der Waals surface area (Å²) in [5.41, 5.74) is 13.8. The molecule has 124 valence electrons. The third-order valence-corrected chi connectivity index (χ3v) is 5.49. The van der Waals surface area contributed by atoms with Gasteiger partial charge in [0.25, 0.3) is 0 Å². The third-order valence-electron chi connectivity index (χ3n) is 3.64. The molecule has 9 nitrogen and oxygen atoms in total. The van der Waals surface area contributed by atoms with Crippen molar-refractivity contribution in [1.82, 2.24) is 31.3 Å². The van der Waals surface area contributed by atoms with Gasteiger partial charge in [-0.2, -0.15) is 15.4 Å². The first-order valence-corrected chi connectivity index (χ1v) is 9.25. The van der Waals surface area contributed by atoms with E-state index in [1.165, 1.54) is 17.6 Å². The molecule has 4 rings (SSSR count). The van der Waals surface area contributed by atoms with Crippen molar-refractivity contribution >= 4 is 32.6 Å². The lowest BCUT2D eigenvalue weighted by atomic mass is 10.0. The molecule has 1 aliphatic rings. The van der Waals surface area contributed by atoms with E-state index >= 15 is 0 Å². The zero-order chi connectivity index (χ0) is 16.7. The predicted molar refractivity (Wildman–Crippen MR) is 89.5 cm³/mol. The van der Waals surface area contributed by atoms with Gasteiger partial charge in [-0.05, 0) is 29.7 Å². The molecule has 3 heterocycles. The molecule has 2 aromatic heterocycles. The smallest absolute Gasteiger partial charge is 0.238 e. The quantitative estimate of drug-likeness (QED) is 0.443. The van der Waals surface area contributed by atoms with Gasteiger partial charge in [0.05, 0.1) is 9.77 Å². The molecule has 1 aliphatic heterocycles. The Bertz CT molecular complexity index is 1010. The van der Waals surface area contributed by atoms with E-state index in [1.807, 2.05) is 12.1 Å². The first kappa shape index (κ1) is 15.5. The summed E-state index contributed by atoms with van der Waals surface area (Å²) in [5.74, 6) is 0. The molecular weight excluding hydrogens is 350 g/mol. The fourth-order valence-electron chi connectivity index (χ4n) is 2.65. The summed E-state index contributed by atoms with van der Waals surface area (Å²) in [4.78, 5) is 5.19. The third kappa shape index (κ3) is 2.57. The highest BCUT2D eigenvalue weighted by atomic mass is 32.2. The van der Waals surface area contributed by atoms with Crippen LogP contribution in [-0.4, -0.2) is 17.8 Å². The van der Waals surface area contributed by atoms with Crippen molar-refractivity contribution in [3.8, 4) is 10.4 Å². The molecule has 0 spiro atoms. The van der Waals surface area contributed by atoms with Crippen LogP contribution in [0.15, 0.2) is 41.4 Å². The molecule has 0 unspecified atom stereocenters. The van der Waals surface area contributed by atoms with Crippen molar-refractivity contribution < 1.29 is 8.42 Å². The maximum absolute atomic E-state index is 12.0. The molecule has 0 atom stereocenters. The van der Waals surface area contributed by atoms with Crippen molar-refractivity contribution in [3.05, 3.63) is 42.1 Å². The van der Waals surface area contributed by atoms with E-state index in [9.17, 15) is 8.42 Å². The molecule has 3 aromatic rings. The lowest BCUT2D eigenvalue weighted by molar-refractivity contribution is 0.541. The number of hydrazine groups is 3. The molecule has 1 fully saturated rings. The van der Waals surface area contributed by atoms with Crippen LogP contribution in [0, 0.1) is 0 Å². The van der Waals surface area contributed by atoms with Gasteiger partial charge < -0.3 is 0 Å². The molecule has 1 aromatic carbocycles. The van der Waals surface area contributed by atoms with E-state index in [0.717, 1.165) is 10.4 Å². The topological polar surface area (TPSA) is 134 Å². The average Bonchev–Trinajstić information content (AvgIpc) is 3.23. The van der Waals surface area contributed by atoms with Gasteiger partial charge in [0.15, 0.2) is 0 Å². The van der Waals surface area contributed by atoms with Gasteiger partial charge in [0.1, 0.15) is 17.2 Å². The number of fused-ring (bicyclic) bond motifs is 1. The summed E-state index contributed by atoms with van der Waals surface area (Å²) in [6, 6.07) is 8.63. The minimum absolute atomic E-state index is 0.0352. The largest absolute Gasteiger partial charge is 0.253 e. The summed E-state index contributed by atoms with van der Waals surface area (Å²) in [6.07, 6.45) is 1.17. The Morgan fingerprint density at radius 1 is 1.12 bits per heavy atom. The van der Waals surface area contributed by atoms with E-state index in [1.54, 1.807) is 18.3 Å². The number of pyridine rings is 1. The van der Waals surface area contributed by atoms with Crippen molar-refractivity contribution in [3.63, 3.8) is 0 Å². The molecule has 0 bridgehead atoms. The number of aromatic nitrogens is 2. The number of nitrogens with two attached hydrogens (primary N) is 1. The number of nitrogens with zero attached hydrogens (tertiary/aromatic N) is 2. The van der Waals surface area contributed by atoms with Crippen LogP contribution in [0.1, 0.15) is 11.7 Å². The van der Waals surface area contributed by atoms with Crippen LogP contribution < -0.4 is 27.1 Å². The van der Waals surface area contributed by atoms with Gasteiger partial charge in [0.2, 0.25) is 10.0 Å². The van der Waals surface area contributed by atoms with E-state index in [4.69, 9.17) is 5.14 Å². The van der Waals surface area contributed by atoms with Gasteiger partial charge in [0, 0.05) is 17.3 Å². The van der Waals surface area contributed by atoms with Gasteiger partial charge in [-0.15, -0.1) is 0 Å². The minimum Gasteiger partial charge on any atom is -0.253 e.